The number of amides is 1. The number of carbonyl (C=O) groups is 2. The molecule has 0 spiro atoms. The van der Waals surface area contributed by atoms with Gasteiger partial charge in [-0.1, -0.05) is 6.92 Å². The topological polar surface area (TPSA) is 87.5 Å². The van der Waals surface area contributed by atoms with Crippen LogP contribution < -0.4 is 10.2 Å². The zero-order chi connectivity index (χ0) is 15.6. The van der Waals surface area contributed by atoms with E-state index in [0.29, 0.717) is 19.5 Å². The number of aromatic nitrogens is 2. The summed E-state index contributed by atoms with van der Waals surface area (Å²) in [6.07, 6.45) is 3.32. The number of carboxylic acid groups (broad SMARTS) is 1. The first-order valence-corrected chi connectivity index (χ1v) is 6.94. The highest BCUT2D eigenvalue weighted by Gasteiger charge is 2.31. The minimum absolute atomic E-state index is 0.00392. The predicted molar refractivity (Wildman–Crippen MR) is 79.0 cm³/mol. The Kier molecular flexibility index (Phi) is 4.30. The molecule has 1 unspecified atom stereocenters. The second kappa shape index (κ2) is 5.99. The lowest BCUT2D eigenvalue weighted by Gasteiger charge is -2.36. The average molecular weight is 292 g/mol. The van der Waals surface area contributed by atoms with Gasteiger partial charge in [0.15, 0.2) is 0 Å². The fraction of sp³-hybridized carbons (Fsp3) is 0.500. The first-order valence-electron chi connectivity index (χ1n) is 6.94. The minimum atomic E-state index is -1.01. The number of piperazine rings is 1. The third-order valence-corrected chi connectivity index (χ3v) is 3.62. The van der Waals surface area contributed by atoms with Crippen LogP contribution in [0.3, 0.4) is 0 Å². The van der Waals surface area contributed by atoms with Gasteiger partial charge < -0.3 is 15.3 Å². The van der Waals surface area contributed by atoms with Crippen molar-refractivity contribution in [1.82, 2.24) is 15.1 Å². The highest BCUT2D eigenvalue weighted by Crippen LogP contribution is 2.28. The smallest absolute Gasteiger partial charge is 0.328 e. The van der Waals surface area contributed by atoms with Crippen LogP contribution in [0.2, 0.25) is 0 Å². The van der Waals surface area contributed by atoms with Crippen molar-refractivity contribution < 1.29 is 14.7 Å². The molecule has 1 aliphatic heterocycles. The van der Waals surface area contributed by atoms with E-state index in [0.717, 1.165) is 23.2 Å². The Morgan fingerprint density at radius 3 is 2.90 bits per heavy atom. The largest absolute Gasteiger partial charge is 0.478 e. The first kappa shape index (κ1) is 15.1. The van der Waals surface area contributed by atoms with Crippen LogP contribution in [0, 0.1) is 6.92 Å². The van der Waals surface area contributed by atoms with E-state index in [9.17, 15) is 9.59 Å². The maximum Gasteiger partial charge on any atom is 0.328 e. The molecule has 1 fully saturated rings. The molecule has 0 radical (unpaired) electrons. The van der Waals surface area contributed by atoms with Gasteiger partial charge in [0.05, 0.1) is 5.69 Å². The number of hydrogen-bond acceptors (Lipinski definition) is 4. The lowest BCUT2D eigenvalue weighted by atomic mass is 10.1. The quantitative estimate of drug-likeness (QED) is 0.791. The van der Waals surface area contributed by atoms with E-state index in [-0.39, 0.29) is 11.9 Å². The molecule has 0 aliphatic carbocycles. The molecule has 1 atom stereocenters. The Hall–Kier alpha value is -2.31. The molecular formula is C14H20N4O3. The van der Waals surface area contributed by atoms with E-state index in [1.807, 2.05) is 18.7 Å². The molecule has 2 rings (SSSR count). The molecule has 1 amide bonds. The number of carboxylic acids is 1. The molecule has 2 heterocycles. The number of rotatable bonds is 4. The van der Waals surface area contributed by atoms with Crippen molar-refractivity contribution in [2.24, 2.45) is 7.05 Å². The van der Waals surface area contributed by atoms with Gasteiger partial charge in [-0.15, -0.1) is 0 Å². The Labute approximate surface area is 123 Å². The lowest BCUT2D eigenvalue weighted by Crippen LogP contribution is -2.55. The van der Waals surface area contributed by atoms with Crippen LogP contribution in [-0.4, -0.2) is 45.9 Å². The fourth-order valence-corrected chi connectivity index (χ4v) is 2.73. The number of anilines is 1. The summed E-state index contributed by atoms with van der Waals surface area (Å²) in [4.78, 5) is 24.8. The van der Waals surface area contributed by atoms with Gasteiger partial charge in [-0.25, -0.2) is 4.79 Å². The molecule has 0 saturated carbocycles. The monoisotopic (exact) mass is 292 g/mol. The summed E-state index contributed by atoms with van der Waals surface area (Å²) in [5.74, 6) is -0.227. The number of carbonyl (C=O) groups excluding carboxylic acids is 1. The normalized spacial score (nSPS) is 19.1. The van der Waals surface area contributed by atoms with E-state index >= 15 is 0 Å². The summed E-state index contributed by atoms with van der Waals surface area (Å²) in [5.41, 5.74) is 1.49. The molecular weight excluding hydrogens is 272 g/mol. The van der Waals surface area contributed by atoms with Crippen molar-refractivity contribution in [3.05, 3.63) is 17.3 Å². The maximum absolute atomic E-state index is 12.0. The summed E-state index contributed by atoms with van der Waals surface area (Å²) in [6.45, 7) is 5.04. The number of hydrogen-bond donors (Lipinski definition) is 2. The molecule has 21 heavy (non-hydrogen) atoms. The predicted octanol–water partition coefficient (Wildman–Crippen LogP) is 0.541. The summed E-state index contributed by atoms with van der Waals surface area (Å²) >= 11 is 0. The van der Waals surface area contributed by atoms with Crippen LogP contribution in [-0.2, 0) is 16.6 Å². The van der Waals surface area contributed by atoms with Gasteiger partial charge in [0, 0.05) is 31.8 Å². The number of aliphatic carboxylic acids is 1. The van der Waals surface area contributed by atoms with E-state index in [2.05, 4.69) is 10.4 Å². The highest BCUT2D eigenvalue weighted by molar-refractivity contribution is 5.89. The van der Waals surface area contributed by atoms with Crippen molar-refractivity contribution in [1.29, 1.82) is 0 Å². The molecule has 114 valence electrons. The van der Waals surface area contributed by atoms with E-state index in [4.69, 9.17) is 5.11 Å². The second-order valence-electron chi connectivity index (χ2n) is 5.03. The van der Waals surface area contributed by atoms with Crippen molar-refractivity contribution in [2.75, 3.05) is 18.0 Å². The first-order chi connectivity index (χ1) is 9.95. The molecule has 7 nitrogen and oxygen atoms in total. The van der Waals surface area contributed by atoms with Gasteiger partial charge in [0.1, 0.15) is 11.9 Å². The minimum Gasteiger partial charge on any atom is -0.478 e. The standard InChI is InChI=1S/C14H20N4O3/c1-4-11-13(21)15-7-8-18(11)14-10(5-6-12(19)20)9(2)16-17(14)3/h5-6,11H,4,7-8H2,1-3H3,(H,15,21)(H,19,20). The summed E-state index contributed by atoms with van der Waals surface area (Å²) in [7, 11) is 1.81. The summed E-state index contributed by atoms with van der Waals surface area (Å²) < 4.78 is 1.71. The summed E-state index contributed by atoms with van der Waals surface area (Å²) in [5, 5.41) is 16.0. The Morgan fingerprint density at radius 1 is 1.57 bits per heavy atom. The Bertz CT molecular complexity index is 591. The average Bonchev–Trinajstić information content (AvgIpc) is 2.70. The second-order valence-corrected chi connectivity index (χ2v) is 5.03. The molecule has 1 aromatic heterocycles. The van der Waals surface area contributed by atoms with E-state index in [1.165, 1.54) is 0 Å². The highest BCUT2D eigenvalue weighted by atomic mass is 16.4. The third-order valence-electron chi connectivity index (χ3n) is 3.62. The number of nitrogens with one attached hydrogen (secondary N) is 1. The van der Waals surface area contributed by atoms with Crippen LogP contribution in [0.15, 0.2) is 6.08 Å². The van der Waals surface area contributed by atoms with E-state index < -0.39 is 5.97 Å². The fourth-order valence-electron chi connectivity index (χ4n) is 2.73. The third kappa shape index (κ3) is 2.91. The number of aryl methyl sites for hydroxylation is 2. The van der Waals surface area contributed by atoms with Crippen LogP contribution in [0.4, 0.5) is 5.82 Å². The van der Waals surface area contributed by atoms with Crippen molar-refractivity contribution >= 4 is 23.8 Å². The number of nitrogens with zero attached hydrogens (tertiary/aromatic N) is 3. The van der Waals surface area contributed by atoms with Gasteiger partial charge in [0.25, 0.3) is 0 Å². The zero-order valence-corrected chi connectivity index (χ0v) is 12.5. The van der Waals surface area contributed by atoms with Crippen LogP contribution in [0.25, 0.3) is 6.08 Å². The zero-order valence-electron chi connectivity index (χ0n) is 12.5. The molecule has 7 heteroatoms. The molecule has 0 bridgehead atoms. The van der Waals surface area contributed by atoms with Crippen molar-refractivity contribution in [3.63, 3.8) is 0 Å². The van der Waals surface area contributed by atoms with Crippen LogP contribution in [0.5, 0.6) is 0 Å². The van der Waals surface area contributed by atoms with Gasteiger partial charge in [0.2, 0.25) is 5.91 Å². The molecule has 0 aromatic carbocycles. The van der Waals surface area contributed by atoms with Crippen molar-refractivity contribution in [2.45, 2.75) is 26.3 Å². The Morgan fingerprint density at radius 2 is 2.29 bits per heavy atom. The van der Waals surface area contributed by atoms with Crippen molar-refractivity contribution in [3.8, 4) is 0 Å². The van der Waals surface area contributed by atoms with E-state index in [1.54, 1.807) is 17.8 Å². The lowest BCUT2D eigenvalue weighted by molar-refractivity contribution is -0.131. The maximum atomic E-state index is 12.0. The van der Waals surface area contributed by atoms with Gasteiger partial charge >= 0.3 is 5.97 Å². The summed E-state index contributed by atoms with van der Waals surface area (Å²) in [6, 6.07) is -0.259. The SMILES string of the molecule is CCC1C(=O)NCCN1c1c(C=CC(=O)O)c(C)nn1C. The van der Waals surface area contributed by atoms with Crippen LogP contribution >= 0.6 is 0 Å². The molecule has 2 N–H and O–H groups in total. The molecule has 1 aromatic rings. The van der Waals surface area contributed by atoms with Crippen LogP contribution in [0.1, 0.15) is 24.6 Å². The van der Waals surface area contributed by atoms with Gasteiger partial charge in [-0.2, -0.15) is 5.10 Å². The van der Waals surface area contributed by atoms with Gasteiger partial charge in [-0.3, -0.25) is 9.48 Å². The Balaban J connectivity index is 2.46. The molecule has 1 aliphatic rings. The molecule has 1 saturated heterocycles. The van der Waals surface area contributed by atoms with Gasteiger partial charge in [-0.05, 0) is 19.4 Å².